The second-order valence-corrected chi connectivity index (χ2v) is 3.96. The first-order valence-corrected chi connectivity index (χ1v) is 3.64. The van der Waals surface area contributed by atoms with E-state index in [9.17, 15) is 0 Å². The molecule has 0 N–H and O–H groups in total. The van der Waals surface area contributed by atoms with E-state index in [1.54, 1.807) is 0 Å². The Kier molecular flexibility index (Phi) is 3.27. The molecule has 1 heteroatoms. The molecule has 0 fully saturated rings. The molecule has 54 valence electrons. The molecule has 0 saturated heterocycles. The van der Waals surface area contributed by atoms with Gasteiger partial charge in [-0.05, 0) is 18.8 Å². The summed E-state index contributed by atoms with van der Waals surface area (Å²) in [6.07, 6.45) is 2.93. The number of hydrogen-bond acceptors (Lipinski definition) is 0. The minimum Gasteiger partial charge on any atom is -0.0895 e. The van der Waals surface area contributed by atoms with E-state index in [0.29, 0.717) is 5.41 Å². The summed E-state index contributed by atoms with van der Waals surface area (Å²) in [5.74, 6) is 0. The summed E-state index contributed by atoms with van der Waals surface area (Å²) in [5.41, 5.74) is 0.323. The van der Waals surface area contributed by atoms with Gasteiger partial charge in [0, 0.05) is 5.03 Å². The SMILES string of the molecule is CC=C(Cl)CC(C)(C)C. The summed E-state index contributed by atoms with van der Waals surface area (Å²) < 4.78 is 0. The Morgan fingerprint density at radius 1 is 1.44 bits per heavy atom. The molecule has 0 amide bonds. The topological polar surface area (TPSA) is 0 Å². The van der Waals surface area contributed by atoms with Crippen molar-refractivity contribution in [1.82, 2.24) is 0 Å². The van der Waals surface area contributed by atoms with E-state index in [2.05, 4.69) is 20.8 Å². The van der Waals surface area contributed by atoms with Crippen molar-refractivity contribution in [3.8, 4) is 0 Å². The van der Waals surface area contributed by atoms with Crippen LogP contribution in [0.15, 0.2) is 11.1 Å². The van der Waals surface area contributed by atoms with E-state index in [1.165, 1.54) is 0 Å². The Balaban J connectivity index is 3.75. The third-order valence-corrected chi connectivity index (χ3v) is 1.36. The summed E-state index contributed by atoms with van der Waals surface area (Å²) in [7, 11) is 0. The van der Waals surface area contributed by atoms with Crippen LogP contribution in [0.1, 0.15) is 34.1 Å². The molecular formula is C8H15Cl. The third kappa shape index (κ3) is 5.91. The van der Waals surface area contributed by atoms with Crippen LogP contribution in [0.3, 0.4) is 0 Å². The average Bonchev–Trinajstić information content (AvgIpc) is 1.62. The van der Waals surface area contributed by atoms with Crippen molar-refractivity contribution in [2.45, 2.75) is 34.1 Å². The van der Waals surface area contributed by atoms with Gasteiger partial charge in [0.2, 0.25) is 0 Å². The monoisotopic (exact) mass is 146 g/mol. The fourth-order valence-corrected chi connectivity index (χ4v) is 1.01. The molecule has 0 heterocycles. The van der Waals surface area contributed by atoms with Crippen molar-refractivity contribution in [3.63, 3.8) is 0 Å². The third-order valence-electron chi connectivity index (χ3n) is 1.01. The standard InChI is InChI=1S/C8H15Cl/c1-5-7(9)6-8(2,3)4/h5H,6H2,1-4H3. The van der Waals surface area contributed by atoms with Gasteiger partial charge in [-0.3, -0.25) is 0 Å². The molecule has 0 bridgehead atoms. The van der Waals surface area contributed by atoms with Gasteiger partial charge in [0.15, 0.2) is 0 Å². The highest BCUT2D eigenvalue weighted by Gasteiger charge is 2.10. The molecule has 0 saturated carbocycles. The van der Waals surface area contributed by atoms with Gasteiger partial charge in [0.1, 0.15) is 0 Å². The van der Waals surface area contributed by atoms with E-state index in [4.69, 9.17) is 11.6 Å². The molecule has 0 aromatic heterocycles. The van der Waals surface area contributed by atoms with Gasteiger partial charge < -0.3 is 0 Å². The summed E-state index contributed by atoms with van der Waals surface area (Å²) >= 11 is 5.81. The minimum atomic E-state index is 0.323. The van der Waals surface area contributed by atoms with Crippen LogP contribution in [0.2, 0.25) is 0 Å². The molecule has 0 aromatic rings. The zero-order valence-corrected chi connectivity index (χ0v) is 7.42. The molecule has 0 aliphatic carbocycles. The Hall–Kier alpha value is 0.0300. The van der Waals surface area contributed by atoms with Gasteiger partial charge in [0.25, 0.3) is 0 Å². The predicted molar refractivity (Wildman–Crippen MR) is 43.7 cm³/mol. The van der Waals surface area contributed by atoms with Crippen molar-refractivity contribution in [2.24, 2.45) is 5.41 Å². The molecule has 0 radical (unpaired) electrons. The summed E-state index contributed by atoms with van der Waals surface area (Å²) in [5, 5.41) is 0.961. The first kappa shape index (κ1) is 9.03. The van der Waals surface area contributed by atoms with E-state index >= 15 is 0 Å². The molecule has 0 unspecified atom stereocenters. The largest absolute Gasteiger partial charge is 0.0895 e. The molecule has 0 aromatic carbocycles. The summed E-state index contributed by atoms with van der Waals surface area (Å²) in [6, 6.07) is 0. The van der Waals surface area contributed by atoms with E-state index < -0.39 is 0 Å². The van der Waals surface area contributed by atoms with Gasteiger partial charge >= 0.3 is 0 Å². The van der Waals surface area contributed by atoms with E-state index in [-0.39, 0.29) is 0 Å². The van der Waals surface area contributed by atoms with Crippen LogP contribution < -0.4 is 0 Å². The Bertz CT molecular complexity index is 106. The minimum absolute atomic E-state index is 0.323. The maximum atomic E-state index is 5.81. The van der Waals surface area contributed by atoms with Gasteiger partial charge in [-0.1, -0.05) is 38.4 Å². The Morgan fingerprint density at radius 3 is 2.00 bits per heavy atom. The van der Waals surface area contributed by atoms with Crippen molar-refractivity contribution >= 4 is 11.6 Å². The second-order valence-electron chi connectivity index (χ2n) is 3.47. The van der Waals surface area contributed by atoms with Gasteiger partial charge in [-0.25, -0.2) is 0 Å². The predicted octanol–water partition coefficient (Wildman–Crippen LogP) is 3.57. The van der Waals surface area contributed by atoms with Crippen LogP contribution in [0, 0.1) is 5.41 Å². The zero-order valence-electron chi connectivity index (χ0n) is 6.66. The highest BCUT2D eigenvalue weighted by atomic mass is 35.5. The first-order chi connectivity index (χ1) is 3.95. The molecule has 0 aliphatic rings. The summed E-state index contributed by atoms with van der Waals surface area (Å²) in [6.45, 7) is 8.50. The Morgan fingerprint density at radius 2 is 1.89 bits per heavy atom. The molecule has 0 spiro atoms. The maximum absolute atomic E-state index is 5.81. The molecule has 9 heavy (non-hydrogen) atoms. The highest BCUT2D eigenvalue weighted by molar-refractivity contribution is 6.29. The van der Waals surface area contributed by atoms with Gasteiger partial charge in [-0.15, -0.1) is 0 Å². The maximum Gasteiger partial charge on any atom is 0.0143 e. The highest BCUT2D eigenvalue weighted by Crippen LogP contribution is 2.25. The number of rotatable bonds is 1. The van der Waals surface area contributed by atoms with Crippen LogP contribution in [0.4, 0.5) is 0 Å². The van der Waals surface area contributed by atoms with Crippen molar-refractivity contribution in [3.05, 3.63) is 11.1 Å². The molecule has 0 atom stereocenters. The zero-order chi connectivity index (χ0) is 7.49. The quantitative estimate of drug-likeness (QED) is 0.531. The number of hydrogen-bond donors (Lipinski definition) is 0. The van der Waals surface area contributed by atoms with E-state index in [0.717, 1.165) is 11.5 Å². The van der Waals surface area contributed by atoms with Crippen molar-refractivity contribution in [2.75, 3.05) is 0 Å². The lowest BCUT2D eigenvalue weighted by molar-refractivity contribution is 0.416. The smallest absolute Gasteiger partial charge is 0.0143 e. The lowest BCUT2D eigenvalue weighted by Crippen LogP contribution is -2.03. The molecular weight excluding hydrogens is 132 g/mol. The number of halogens is 1. The van der Waals surface area contributed by atoms with Gasteiger partial charge in [-0.2, -0.15) is 0 Å². The van der Waals surface area contributed by atoms with Crippen molar-refractivity contribution in [1.29, 1.82) is 0 Å². The second kappa shape index (κ2) is 3.26. The first-order valence-electron chi connectivity index (χ1n) is 3.26. The molecule has 0 aliphatic heterocycles. The fraction of sp³-hybridized carbons (Fsp3) is 0.750. The van der Waals surface area contributed by atoms with Crippen LogP contribution in [-0.2, 0) is 0 Å². The summed E-state index contributed by atoms with van der Waals surface area (Å²) in [4.78, 5) is 0. The van der Waals surface area contributed by atoms with E-state index in [1.807, 2.05) is 13.0 Å². The lowest BCUT2D eigenvalue weighted by Gasteiger charge is -2.16. The van der Waals surface area contributed by atoms with Crippen LogP contribution in [-0.4, -0.2) is 0 Å². The van der Waals surface area contributed by atoms with Gasteiger partial charge in [0.05, 0.1) is 0 Å². The fourth-order valence-electron chi connectivity index (χ4n) is 0.609. The normalized spacial score (nSPS) is 14.1. The number of allylic oxidation sites excluding steroid dienone is 2. The Labute approximate surface area is 62.9 Å². The lowest BCUT2D eigenvalue weighted by atomic mass is 9.92. The van der Waals surface area contributed by atoms with Crippen LogP contribution in [0.5, 0.6) is 0 Å². The van der Waals surface area contributed by atoms with Crippen LogP contribution >= 0.6 is 11.6 Å². The average molecular weight is 147 g/mol. The van der Waals surface area contributed by atoms with Crippen LogP contribution in [0.25, 0.3) is 0 Å². The molecule has 0 nitrogen and oxygen atoms in total. The molecule has 0 rings (SSSR count). The van der Waals surface area contributed by atoms with Crippen molar-refractivity contribution < 1.29 is 0 Å².